The first kappa shape index (κ1) is 19.7. The van der Waals surface area contributed by atoms with Gasteiger partial charge >= 0.3 is 0 Å². The van der Waals surface area contributed by atoms with Crippen LogP contribution in [0.25, 0.3) is 10.1 Å². The van der Waals surface area contributed by atoms with E-state index in [0.717, 1.165) is 30.0 Å². The van der Waals surface area contributed by atoms with Gasteiger partial charge in [0.25, 0.3) is 0 Å². The van der Waals surface area contributed by atoms with E-state index in [-0.39, 0.29) is 5.41 Å². The zero-order valence-corrected chi connectivity index (χ0v) is 17.6. The molecule has 2 aromatic carbocycles. The van der Waals surface area contributed by atoms with Crippen LogP contribution in [0.3, 0.4) is 0 Å². The number of nitrogens with one attached hydrogen (secondary N) is 2. The molecule has 3 aromatic rings. The van der Waals surface area contributed by atoms with E-state index >= 15 is 0 Å². The average Bonchev–Trinajstić information content (AvgIpc) is 3.43. The van der Waals surface area contributed by atoms with Gasteiger partial charge in [0.05, 0.1) is 7.11 Å². The van der Waals surface area contributed by atoms with Gasteiger partial charge in [-0.05, 0) is 48.1 Å². The van der Waals surface area contributed by atoms with Crippen molar-refractivity contribution in [2.75, 3.05) is 27.2 Å². The van der Waals surface area contributed by atoms with Crippen LogP contribution < -0.4 is 15.4 Å². The van der Waals surface area contributed by atoms with Crippen LogP contribution in [-0.4, -0.2) is 38.3 Å². The van der Waals surface area contributed by atoms with Crippen molar-refractivity contribution in [2.24, 2.45) is 4.99 Å². The van der Waals surface area contributed by atoms with Gasteiger partial charge in [0.1, 0.15) is 11.9 Å². The highest BCUT2D eigenvalue weighted by molar-refractivity contribution is 7.19. The molecule has 1 saturated carbocycles. The summed E-state index contributed by atoms with van der Waals surface area (Å²) < 4.78 is 6.45. The molecule has 3 N–H and O–H groups in total. The normalized spacial score (nSPS) is 16.4. The Morgan fingerprint density at radius 3 is 2.59 bits per heavy atom. The van der Waals surface area contributed by atoms with Gasteiger partial charge < -0.3 is 20.5 Å². The standard InChI is InChI=1S/C23H27N3O2S/c1-24-22(25-14-19(27)21-13-16-5-3-4-6-20(16)29-21)26-15-23(11-12-23)17-7-9-18(28-2)10-8-17/h3-10,13,19,27H,11-12,14-15H2,1-2H3,(H2,24,25,26). The number of nitrogens with zero attached hydrogens (tertiary/aromatic N) is 1. The molecular weight excluding hydrogens is 382 g/mol. The third kappa shape index (κ3) is 4.38. The summed E-state index contributed by atoms with van der Waals surface area (Å²) in [4.78, 5) is 5.28. The molecule has 5 nitrogen and oxygen atoms in total. The molecule has 1 aliphatic carbocycles. The smallest absolute Gasteiger partial charge is 0.191 e. The van der Waals surface area contributed by atoms with Crippen LogP contribution in [-0.2, 0) is 5.41 Å². The Morgan fingerprint density at radius 2 is 1.93 bits per heavy atom. The molecule has 1 aromatic heterocycles. The van der Waals surface area contributed by atoms with Crippen molar-refractivity contribution in [3.8, 4) is 5.75 Å². The number of hydrogen-bond acceptors (Lipinski definition) is 4. The molecule has 0 aliphatic heterocycles. The second-order valence-electron chi connectivity index (χ2n) is 7.52. The zero-order valence-electron chi connectivity index (χ0n) is 16.8. The molecule has 1 unspecified atom stereocenters. The summed E-state index contributed by atoms with van der Waals surface area (Å²) in [7, 11) is 3.44. The Balaban J connectivity index is 1.32. The fraction of sp³-hybridized carbons (Fsp3) is 0.348. The number of ether oxygens (including phenoxy) is 1. The number of fused-ring (bicyclic) bond motifs is 1. The van der Waals surface area contributed by atoms with Crippen molar-refractivity contribution in [2.45, 2.75) is 24.4 Å². The lowest BCUT2D eigenvalue weighted by Gasteiger charge is -2.20. The van der Waals surface area contributed by atoms with E-state index in [1.54, 1.807) is 25.5 Å². The fourth-order valence-electron chi connectivity index (χ4n) is 3.60. The number of rotatable bonds is 7. The topological polar surface area (TPSA) is 65.9 Å². The molecule has 0 spiro atoms. The number of benzene rings is 2. The van der Waals surface area contributed by atoms with Crippen LogP contribution in [0.2, 0.25) is 0 Å². The number of aliphatic imine (C=N–C) groups is 1. The molecule has 0 saturated heterocycles. The number of guanidine groups is 1. The highest BCUT2D eigenvalue weighted by atomic mass is 32.1. The van der Waals surface area contributed by atoms with E-state index in [0.29, 0.717) is 12.5 Å². The summed E-state index contributed by atoms with van der Waals surface area (Å²) in [6.45, 7) is 1.24. The van der Waals surface area contributed by atoms with E-state index in [1.165, 1.54) is 15.6 Å². The third-order valence-electron chi connectivity index (χ3n) is 5.61. The largest absolute Gasteiger partial charge is 0.497 e. The molecule has 1 aliphatic rings. The first-order valence-corrected chi connectivity index (χ1v) is 10.7. The van der Waals surface area contributed by atoms with E-state index in [4.69, 9.17) is 4.74 Å². The van der Waals surface area contributed by atoms with Gasteiger partial charge in [-0.25, -0.2) is 0 Å². The van der Waals surface area contributed by atoms with Gasteiger partial charge in [0, 0.05) is 35.1 Å². The quantitative estimate of drug-likeness (QED) is 0.410. The number of aliphatic hydroxyl groups excluding tert-OH is 1. The summed E-state index contributed by atoms with van der Waals surface area (Å²) in [5.41, 5.74) is 1.49. The Labute approximate surface area is 175 Å². The summed E-state index contributed by atoms with van der Waals surface area (Å²) >= 11 is 1.63. The minimum Gasteiger partial charge on any atom is -0.497 e. The molecule has 0 amide bonds. The molecule has 6 heteroatoms. The van der Waals surface area contributed by atoms with E-state index < -0.39 is 6.10 Å². The molecular formula is C23H27N3O2S. The van der Waals surface area contributed by atoms with Gasteiger partial charge in [0.15, 0.2) is 5.96 Å². The number of thiophene rings is 1. The van der Waals surface area contributed by atoms with E-state index in [1.807, 2.05) is 24.3 Å². The predicted molar refractivity (Wildman–Crippen MR) is 120 cm³/mol. The van der Waals surface area contributed by atoms with E-state index in [2.05, 4.69) is 46.0 Å². The second kappa shape index (κ2) is 8.43. The Hall–Kier alpha value is -2.57. The van der Waals surface area contributed by atoms with Gasteiger partial charge in [-0.3, -0.25) is 4.99 Å². The van der Waals surface area contributed by atoms with Crippen LogP contribution in [0.4, 0.5) is 0 Å². The van der Waals surface area contributed by atoms with Gasteiger partial charge in [-0.1, -0.05) is 30.3 Å². The summed E-state index contributed by atoms with van der Waals surface area (Å²) in [5.74, 6) is 1.59. The monoisotopic (exact) mass is 409 g/mol. The summed E-state index contributed by atoms with van der Waals surface area (Å²) in [5, 5.41) is 18.4. The average molecular weight is 410 g/mol. The Kier molecular flexibility index (Phi) is 5.74. The van der Waals surface area contributed by atoms with Crippen molar-refractivity contribution < 1.29 is 9.84 Å². The number of hydrogen-bond donors (Lipinski definition) is 3. The molecule has 1 heterocycles. The van der Waals surface area contributed by atoms with Crippen LogP contribution in [0.1, 0.15) is 29.4 Å². The first-order chi connectivity index (χ1) is 14.1. The minimum atomic E-state index is -0.567. The lowest BCUT2D eigenvalue weighted by atomic mass is 9.96. The van der Waals surface area contributed by atoms with Crippen LogP contribution >= 0.6 is 11.3 Å². The highest BCUT2D eigenvalue weighted by Crippen LogP contribution is 2.47. The molecule has 1 atom stereocenters. The highest BCUT2D eigenvalue weighted by Gasteiger charge is 2.44. The van der Waals surface area contributed by atoms with Crippen molar-refractivity contribution >= 4 is 27.4 Å². The van der Waals surface area contributed by atoms with Crippen molar-refractivity contribution in [1.29, 1.82) is 0 Å². The van der Waals surface area contributed by atoms with Crippen molar-refractivity contribution in [3.63, 3.8) is 0 Å². The van der Waals surface area contributed by atoms with Crippen LogP contribution in [0, 0.1) is 0 Å². The molecule has 0 bridgehead atoms. The fourth-order valence-corrected chi connectivity index (χ4v) is 4.65. The third-order valence-corrected chi connectivity index (χ3v) is 6.83. The van der Waals surface area contributed by atoms with Gasteiger partial charge in [0.2, 0.25) is 0 Å². The Bertz CT molecular complexity index is 960. The Morgan fingerprint density at radius 1 is 1.17 bits per heavy atom. The lowest BCUT2D eigenvalue weighted by Crippen LogP contribution is -2.42. The van der Waals surface area contributed by atoms with E-state index in [9.17, 15) is 5.11 Å². The van der Waals surface area contributed by atoms with Gasteiger partial charge in [-0.2, -0.15) is 0 Å². The SMILES string of the molecule is CN=C(NCC(O)c1cc2ccccc2s1)NCC1(c2ccc(OC)cc2)CC1. The van der Waals surface area contributed by atoms with Crippen LogP contribution in [0.5, 0.6) is 5.75 Å². The maximum atomic E-state index is 10.6. The van der Waals surface area contributed by atoms with Crippen molar-refractivity contribution in [3.05, 3.63) is 65.0 Å². The zero-order chi connectivity index (χ0) is 20.3. The maximum absolute atomic E-state index is 10.6. The molecule has 152 valence electrons. The lowest BCUT2D eigenvalue weighted by molar-refractivity contribution is 0.184. The molecule has 0 radical (unpaired) electrons. The summed E-state index contributed by atoms with van der Waals surface area (Å²) in [6, 6.07) is 18.6. The predicted octanol–water partition coefficient (Wildman–Crippen LogP) is 3.84. The maximum Gasteiger partial charge on any atom is 0.191 e. The van der Waals surface area contributed by atoms with Gasteiger partial charge in [-0.15, -0.1) is 11.3 Å². The van der Waals surface area contributed by atoms with Crippen molar-refractivity contribution in [1.82, 2.24) is 10.6 Å². The molecule has 1 fully saturated rings. The first-order valence-electron chi connectivity index (χ1n) is 9.89. The summed E-state index contributed by atoms with van der Waals surface area (Å²) in [6.07, 6.45) is 1.75. The molecule has 29 heavy (non-hydrogen) atoms. The minimum absolute atomic E-state index is 0.161. The number of methoxy groups -OCH3 is 1. The number of aliphatic hydroxyl groups is 1. The van der Waals surface area contributed by atoms with Crippen LogP contribution in [0.15, 0.2) is 59.6 Å². The second-order valence-corrected chi connectivity index (χ2v) is 8.63. The molecule has 4 rings (SSSR count).